The predicted octanol–water partition coefficient (Wildman–Crippen LogP) is 10.2. The predicted molar refractivity (Wildman–Crippen MR) is 190 cm³/mol. The second kappa shape index (κ2) is 15.8. The van der Waals surface area contributed by atoms with E-state index in [2.05, 4.69) is 25.1 Å². The topological polar surface area (TPSA) is 110 Å². The number of nitrogens with zero attached hydrogens (tertiary/aromatic N) is 4. The number of hydrogen-bond acceptors (Lipinski definition) is 6. The van der Waals surface area contributed by atoms with E-state index in [-0.39, 0.29) is 0 Å². The molecule has 0 radical (unpaired) electrons. The number of fused-ring (bicyclic) bond motifs is 2. The first kappa shape index (κ1) is 33.1. The smallest absolute Gasteiger partial charge is 0.261 e. The average Bonchev–Trinajstić information content (AvgIpc) is 3.08. The minimum atomic E-state index is -0.390. The molecule has 0 spiro atoms. The lowest BCUT2D eigenvalue weighted by Gasteiger charge is -2.16. The van der Waals surface area contributed by atoms with Gasteiger partial charge < -0.3 is 0 Å². The van der Waals surface area contributed by atoms with Gasteiger partial charge in [0.05, 0.1) is 44.3 Å². The van der Waals surface area contributed by atoms with Crippen LogP contribution in [-0.2, 0) is 6.54 Å². The molecule has 0 unspecified atom stereocenters. The Hall–Kier alpha value is -4.25. The van der Waals surface area contributed by atoms with Crippen LogP contribution in [0.1, 0.15) is 126 Å². The fourth-order valence-electron chi connectivity index (χ4n) is 6.90. The molecule has 0 amide bonds. The Morgan fingerprint density at radius 3 is 1.63 bits per heavy atom. The van der Waals surface area contributed by atoms with Crippen molar-refractivity contribution in [2.75, 3.05) is 0 Å². The van der Waals surface area contributed by atoms with E-state index in [4.69, 9.17) is 0 Å². The number of unbranched alkanes of at least 4 members (excludes halogenated alkanes) is 15. The number of pyridine rings is 1. The normalized spacial score (nSPS) is 11.4. The molecule has 0 saturated heterocycles. The van der Waals surface area contributed by atoms with Crippen molar-refractivity contribution in [1.82, 2.24) is 4.57 Å². The summed E-state index contributed by atoms with van der Waals surface area (Å²) in [7, 11) is 0. The van der Waals surface area contributed by atoms with Gasteiger partial charge in [0.25, 0.3) is 11.1 Å². The summed E-state index contributed by atoms with van der Waals surface area (Å²) < 4.78 is 2.75. The molecule has 0 aliphatic heterocycles. The van der Waals surface area contributed by atoms with Crippen LogP contribution in [0.25, 0.3) is 41.7 Å². The molecule has 0 N–H and O–H groups in total. The van der Waals surface area contributed by atoms with Crippen LogP contribution in [0.5, 0.6) is 0 Å². The van der Waals surface area contributed by atoms with Gasteiger partial charge in [-0.15, -0.1) is 11.3 Å². The van der Waals surface area contributed by atoms with Gasteiger partial charge in [0.15, 0.2) is 0 Å². The molecule has 3 aromatic carbocycles. The minimum absolute atomic E-state index is 0.298. The molecular formula is C39H42N4O2S. The average molecular weight is 631 g/mol. The Morgan fingerprint density at radius 1 is 0.587 bits per heavy atom. The Balaban J connectivity index is 1.26. The molecule has 236 valence electrons. The summed E-state index contributed by atoms with van der Waals surface area (Å²) in [5.41, 5.74) is 0.309. The number of nitriles is 3. The fourth-order valence-corrected chi connectivity index (χ4v) is 8.05. The van der Waals surface area contributed by atoms with Crippen molar-refractivity contribution >= 4 is 53.1 Å². The van der Waals surface area contributed by atoms with Crippen LogP contribution < -0.4 is 11.1 Å². The summed E-state index contributed by atoms with van der Waals surface area (Å²) >= 11 is 1.38. The van der Waals surface area contributed by atoms with E-state index in [1.165, 1.54) is 93.0 Å². The monoisotopic (exact) mass is 630 g/mol. The highest BCUT2D eigenvalue weighted by Crippen LogP contribution is 2.43. The molecule has 0 atom stereocenters. The van der Waals surface area contributed by atoms with Gasteiger partial charge in [0.1, 0.15) is 6.07 Å². The highest BCUT2D eigenvalue weighted by Gasteiger charge is 2.23. The Kier molecular flexibility index (Phi) is 11.4. The van der Waals surface area contributed by atoms with Gasteiger partial charge in [-0.1, -0.05) is 103 Å². The summed E-state index contributed by atoms with van der Waals surface area (Å²) in [5.74, 6) is 0. The van der Waals surface area contributed by atoms with E-state index in [1.807, 2.05) is 6.07 Å². The third-order valence-electron chi connectivity index (χ3n) is 9.37. The highest BCUT2D eigenvalue weighted by molar-refractivity contribution is 7.25. The molecule has 0 bridgehead atoms. The zero-order valence-electron chi connectivity index (χ0n) is 26.9. The summed E-state index contributed by atoms with van der Waals surface area (Å²) in [6, 6.07) is 15.1. The van der Waals surface area contributed by atoms with Gasteiger partial charge in [-0.2, -0.15) is 15.8 Å². The number of hydrogen-bond donors (Lipinski definition) is 0. The molecule has 0 fully saturated rings. The van der Waals surface area contributed by atoms with E-state index in [1.54, 1.807) is 24.3 Å². The largest absolute Gasteiger partial charge is 0.274 e. The van der Waals surface area contributed by atoms with Gasteiger partial charge in [0.2, 0.25) is 0 Å². The van der Waals surface area contributed by atoms with Crippen LogP contribution in [0, 0.1) is 34.0 Å². The molecule has 0 saturated carbocycles. The zero-order valence-corrected chi connectivity index (χ0v) is 27.7. The lowest BCUT2D eigenvalue weighted by molar-refractivity contribution is 0.517. The van der Waals surface area contributed by atoms with Crippen molar-refractivity contribution in [2.24, 2.45) is 0 Å². The van der Waals surface area contributed by atoms with E-state index in [0.29, 0.717) is 60.3 Å². The minimum Gasteiger partial charge on any atom is -0.274 e. The maximum atomic E-state index is 13.8. The molecule has 2 heterocycles. The highest BCUT2D eigenvalue weighted by atomic mass is 32.1. The maximum absolute atomic E-state index is 13.8. The zero-order chi connectivity index (χ0) is 32.5. The Morgan fingerprint density at radius 2 is 1.11 bits per heavy atom. The molecule has 46 heavy (non-hydrogen) atoms. The standard InChI is InChI=1S/C39H42N4O2S/c1-2-3-4-5-6-7-8-9-10-11-12-13-14-15-16-17-20-43-38(44)31-22-28(25-41)34-30-21-27(24-40)18-19-33(30)46-37-29(26-42)23-32(39(43)45)35(31)36(34)37/h18-19,21-23H,2-17,20H2,1H3. The van der Waals surface area contributed by atoms with Gasteiger partial charge in [-0.25, -0.2) is 0 Å². The van der Waals surface area contributed by atoms with Gasteiger partial charge in [-0.05, 0) is 36.8 Å². The van der Waals surface area contributed by atoms with Gasteiger partial charge in [0, 0.05) is 32.8 Å². The van der Waals surface area contributed by atoms with E-state index < -0.39 is 11.1 Å². The lowest BCUT2D eigenvalue weighted by Crippen LogP contribution is -2.33. The Bertz CT molecular complexity index is 2050. The van der Waals surface area contributed by atoms with Gasteiger partial charge >= 0.3 is 0 Å². The van der Waals surface area contributed by atoms with Crippen molar-refractivity contribution in [3.63, 3.8) is 0 Å². The van der Waals surface area contributed by atoms with Crippen molar-refractivity contribution in [3.8, 4) is 18.2 Å². The number of benzene rings is 3. The first-order valence-electron chi connectivity index (χ1n) is 17.1. The Labute approximate surface area is 274 Å². The third-order valence-corrected chi connectivity index (χ3v) is 10.6. The summed E-state index contributed by atoms with van der Waals surface area (Å²) in [6.07, 6.45) is 20.0. The molecule has 6 nitrogen and oxygen atoms in total. The second-order valence-electron chi connectivity index (χ2n) is 12.6. The lowest BCUT2D eigenvalue weighted by atomic mass is 9.92. The molecule has 0 aliphatic rings. The number of rotatable bonds is 17. The van der Waals surface area contributed by atoms with Crippen LogP contribution in [0.4, 0.5) is 0 Å². The first-order valence-corrected chi connectivity index (χ1v) is 17.9. The number of aromatic nitrogens is 1. The molecule has 7 heteroatoms. The van der Waals surface area contributed by atoms with Crippen molar-refractivity contribution in [1.29, 1.82) is 15.8 Å². The van der Waals surface area contributed by atoms with Crippen LogP contribution in [0.3, 0.4) is 0 Å². The summed E-state index contributed by atoms with van der Waals surface area (Å²) in [4.78, 5) is 27.6. The summed E-state index contributed by atoms with van der Waals surface area (Å²) in [6.45, 7) is 2.57. The summed E-state index contributed by atoms with van der Waals surface area (Å²) in [5, 5.41) is 32.8. The van der Waals surface area contributed by atoms with Crippen LogP contribution in [0.15, 0.2) is 39.9 Å². The van der Waals surface area contributed by atoms with Crippen molar-refractivity contribution in [3.05, 3.63) is 67.7 Å². The molecule has 2 aromatic heterocycles. The van der Waals surface area contributed by atoms with Crippen molar-refractivity contribution in [2.45, 2.75) is 116 Å². The molecular weight excluding hydrogens is 589 g/mol. The second-order valence-corrected chi connectivity index (χ2v) is 13.7. The van der Waals surface area contributed by atoms with Gasteiger partial charge in [-0.3, -0.25) is 14.2 Å². The van der Waals surface area contributed by atoms with E-state index in [0.717, 1.165) is 30.4 Å². The fraction of sp³-hybridized carbons (Fsp3) is 0.462. The van der Waals surface area contributed by atoms with Crippen LogP contribution in [-0.4, -0.2) is 4.57 Å². The maximum Gasteiger partial charge on any atom is 0.261 e. The molecule has 5 rings (SSSR count). The molecule has 5 aromatic rings. The van der Waals surface area contributed by atoms with Crippen molar-refractivity contribution < 1.29 is 0 Å². The van der Waals surface area contributed by atoms with E-state index in [9.17, 15) is 25.4 Å². The molecule has 0 aliphatic carbocycles. The quantitative estimate of drug-likeness (QED) is 0.0576. The third kappa shape index (κ3) is 6.94. The SMILES string of the molecule is CCCCCCCCCCCCCCCCCCn1c(=O)c2cc(C#N)c3sc4ccc(C#N)cc4c4c(C#N)cc(c1=O)c2c34. The van der Waals surface area contributed by atoms with Crippen LogP contribution in [0.2, 0.25) is 0 Å². The van der Waals surface area contributed by atoms with Crippen LogP contribution >= 0.6 is 11.3 Å². The van der Waals surface area contributed by atoms with E-state index >= 15 is 0 Å². The first-order chi connectivity index (χ1) is 22.5.